The zero-order valence-electron chi connectivity index (χ0n) is 17.5. The van der Waals surface area contributed by atoms with Crippen LogP contribution in [0.25, 0.3) is 0 Å². The van der Waals surface area contributed by atoms with Crippen LogP contribution in [0, 0.1) is 0 Å². The highest BCUT2D eigenvalue weighted by molar-refractivity contribution is 6.05. The van der Waals surface area contributed by atoms with Gasteiger partial charge < -0.3 is 14.5 Å². The van der Waals surface area contributed by atoms with Crippen LogP contribution in [-0.4, -0.2) is 53.8 Å². The summed E-state index contributed by atoms with van der Waals surface area (Å²) in [6, 6.07) is 16.3. The van der Waals surface area contributed by atoms with Crippen LogP contribution in [0.3, 0.4) is 0 Å². The van der Waals surface area contributed by atoms with Gasteiger partial charge in [0.25, 0.3) is 11.8 Å². The number of ether oxygens (including phenoxy) is 1. The first kappa shape index (κ1) is 21.6. The molecule has 3 rings (SSSR count). The van der Waals surface area contributed by atoms with Crippen LogP contribution in [0.5, 0.6) is 0 Å². The number of hydrogen-bond donors (Lipinski definition) is 0. The molecule has 0 N–H and O–H groups in total. The second kappa shape index (κ2) is 10.1. The Labute approximate surface area is 177 Å². The molecular formula is C24H28N2O4. The van der Waals surface area contributed by atoms with Gasteiger partial charge in [0.1, 0.15) is 0 Å². The maximum absolute atomic E-state index is 12.9. The van der Waals surface area contributed by atoms with Crippen LogP contribution in [0.4, 0.5) is 0 Å². The van der Waals surface area contributed by atoms with Crippen molar-refractivity contribution in [2.75, 3.05) is 20.2 Å². The Balaban J connectivity index is 1.65. The van der Waals surface area contributed by atoms with Crippen molar-refractivity contribution < 1.29 is 19.1 Å². The summed E-state index contributed by atoms with van der Waals surface area (Å²) in [6.45, 7) is 2.81. The van der Waals surface area contributed by atoms with Gasteiger partial charge in [0.2, 0.25) is 0 Å². The van der Waals surface area contributed by atoms with E-state index in [1.54, 1.807) is 41.1 Å². The standard InChI is InChI=1S/C24H28N2O4/c1-18-10-8-9-15-26(18)22(27)17-30-24(29)21-14-7-6-13-20(21)23(28)25(2)16-19-11-4-3-5-12-19/h3-7,11-14,18H,8-10,15-17H2,1-2H3/t18-/m1/s1. The molecule has 0 spiro atoms. The minimum absolute atomic E-state index is 0.158. The van der Waals surface area contributed by atoms with E-state index in [9.17, 15) is 14.4 Å². The summed E-state index contributed by atoms with van der Waals surface area (Å²) in [7, 11) is 1.69. The first-order valence-corrected chi connectivity index (χ1v) is 10.3. The highest BCUT2D eigenvalue weighted by Gasteiger charge is 2.25. The van der Waals surface area contributed by atoms with E-state index < -0.39 is 5.97 Å². The van der Waals surface area contributed by atoms with Gasteiger partial charge in [0.05, 0.1) is 11.1 Å². The molecule has 0 aliphatic carbocycles. The summed E-state index contributed by atoms with van der Waals surface area (Å²) in [4.78, 5) is 41.4. The van der Waals surface area contributed by atoms with Crippen LogP contribution < -0.4 is 0 Å². The third kappa shape index (κ3) is 5.26. The topological polar surface area (TPSA) is 66.9 Å². The molecule has 1 aliphatic rings. The molecule has 1 fully saturated rings. The molecule has 0 radical (unpaired) electrons. The van der Waals surface area contributed by atoms with Crippen molar-refractivity contribution in [1.29, 1.82) is 0 Å². The van der Waals surface area contributed by atoms with E-state index >= 15 is 0 Å². The Morgan fingerprint density at radius 3 is 2.37 bits per heavy atom. The predicted molar refractivity (Wildman–Crippen MR) is 114 cm³/mol. The lowest BCUT2D eigenvalue weighted by Gasteiger charge is -2.33. The van der Waals surface area contributed by atoms with Gasteiger partial charge in [0, 0.05) is 26.2 Å². The van der Waals surface area contributed by atoms with Crippen molar-refractivity contribution in [3.05, 3.63) is 71.3 Å². The smallest absolute Gasteiger partial charge is 0.339 e. The van der Waals surface area contributed by atoms with Gasteiger partial charge in [-0.05, 0) is 43.9 Å². The largest absolute Gasteiger partial charge is 0.452 e. The van der Waals surface area contributed by atoms with Gasteiger partial charge in [-0.1, -0.05) is 42.5 Å². The minimum Gasteiger partial charge on any atom is -0.452 e. The molecule has 0 bridgehead atoms. The normalized spacial score (nSPS) is 16.1. The highest BCUT2D eigenvalue weighted by Crippen LogP contribution is 2.18. The predicted octanol–water partition coefficient (Wildman–Crippen LogP) is 3.52. The van der Waals surface area contributed by atoms with E-state index in [0.29, 0.717) is 13.1 Å². The highest BCUT2D eigenvalue weighted by atomic mass is 16.5. The van der Waals surface area contributed by atoms with Crippen molar-refractivity contribution in [3.63, 3.8) is 0 Å². The molecule has 1 aliphatic heterocycles. The molecule has 30 heavy (non-hydrogen) atoms. The van der Waals surface area contributed by atoms with E-state index in [-0.39, 0.29) is 35.6 Å². The Hall–Kier alpha value is -3.15. The number of esters is 1. The number of hydrogen-bond acceptors (Lipinski definition) is 4. The molecular weight excluding hydrogens is 380 g/mol. The fourth-order valence-corrected chi connectivity index (χ4v) is 3.74. The zero-order valence-corrected chi connectivity index (χ0v) is 17.5. The SMILES string of the molecule is C[C@@H]1CCCCN1C(=O)COC(=O)c1ccccc1C(=O)N(C)Cc1ccccc1. The molecule has 1 saturated heterocycles. The van der Waals surface area contributed by atoms with Crippen LogP contribution >= 0.6 is 0 Å². The molecule has 0 saturated carbocycles. The number of benzene rings is 2. The molecule has 6 nitrogen and oxygen atoms in total. The van der Waals surface area contributed by atoms with Gasteiger partial charge in [-0.3, -0.25) is 9.59 Å². The van der Waals surface area contributed by atoms with Crippen LogP contribution in [0.1, 0.15) is 52.5 Å². The van der Waals surface area contributed by atoms with Crippen LogP contribution in [0.15, 0.2) is 54.6 Å². The van der Waals surface area contributed by atoms with Crippen LogP contribution in [0.2, 0.25) is 0 Å². The molecule has 2 amide bonds. The van der Waals surface area contributed by atoms with E-state index in [2.05, 4.69) is 0 Å². The Morgan fingerprint density at radius 2 is 1.67 bits per heavy atom. The summed E-state index contributed by atoms with van der Waals surface area (Å²) >= 11 is 0. The number of amides is 2. The number of likely N-dealkylation sites (tertiary alicyclic amines) is 1. The van der Waals surface area contributed by atoms with Gasteiger partial charge in [0.15, 0.2) is 6.61 Å². The lowest BCUT2D eigenvalue weighted by Crippen LogP contribution is -2.44. The summed E-state index contributed by atoms with van der Waals surface area (Å²) in [5, 5.41) is 0. The molecule has 2 aromatic rings. The quantitative estimate of drug-likeness (QED) is 0.686. The van der Waals surface area contributed by atoms with Crippen LogP contribution in [-0.2, 0) is 16.1 Å². The van der Waals surface area contributed by atoms with Gasteiger partial charge in [-0.15, -0.1) is 0 Å². The number of nitrogens with zero attached hydrogens (tertiary/aromatic N) is 2. The molecule has 0 aromatic heterocycles. The first-order valence-electron chi connectivity index (χ1n) is 10.3. The van der Waals surface area contributed by atoms with Gasteiger partial charge in [-0.25, -0.2) is 4.79 Å². The molecule has 6 heteroatoms. The maximum atomic E-state index is 12.9. The monoisotopic (exact) mass is 408 g/mol. The Bertz CT molecular complexity index is 897. The molecule has 158 valence electrons. The first-order chi connectivity index (χ1) is 14.5. The zero-order chi connectivity index (χ0) is 21.5. The fraction of sp³-hybridized carbons (Fsp3) is 0.375. The van der Waals surface area contributed by atoms with Crippen molar-refractivity contribution in [3.8, 4) is 0 Å². The van der Waals surface area contributed by atoms with E-state index in [1.807, 2.05) is 37.3 Å². The molecule has 2 aromatic carbocycles. The van der Waals surface area contributed by atoms with E-state index in [4.69, 9.17) is 4.74 Å². The van der Waals surface area contributed by atoms with Crippen molar-refractivity contribution in [2.45, 2.75) is 38.8 Å². The molecule has 0 unspecified atom stereocenters. The second-order valence-electron chi connectivity index (χ2n) is 7.70. The summed E-state index contributed by atoms with van der Waals surface area (Å²) in [5.41, 5.74) is 1.43. The second-order valence-corrected chi connectivity index (χ2v) is 7.70. The maximum Gasteiger partial charge on any atom is 0.339 e. The third-order valence-corrected chi connectivity index (χ3v) is 5.44. The third-order valence-electron chi connectivity index (χ3n) is 5.44. The number of carbonyl (C=O) groups excluding carboxylic acids is 3. The fourth-order valence-electron chi connectivity index (χ4n) is 3.74. The van der Waals surface area contributed by atoms with E-state index in [1.165, 1.54) is 0 Å². The molecule has 1 atom stereocenters. The average molecular weight is 408 g/mol. The lowest BCUT2D eigenvalue weighted by atomic mass is 10.0. The Morgan fingerprint density at radius 1 is 1.00 bits per heavy atom. The van der Waals surface area contributed by atoms with Crippen molar-refractivity contribution in [2.24, 2.45) is 0 Å². The summed E-state index contributed by atoms with van der Waals surface area (Å²) < 4.78 is 5.28. The van der Waals surface area contributed by atoms with Gasteiger partial charge in [-0.2, -0.15) is 0 Å². The van der Waals surface area contributed by atoms with Gasteiger partial charge >= 0.3 is 5.97 Å². The number of carbonyl (C=O) groups is 3. The average Bonchev–Trinajstić information content (AvgIpc) is 2.77. The van der Waals surface area contributed by atoms with Crippen molar-refractivity contribution in [1.82, 2.24) is 9.80 Å². The summed E-state index contributed by atoms with van der Waals surface area (Å²) in [5.74, 6) is -1.13. The van der Waals surface area contributed by atoms with E-state index in [0.717, 1.165) is 24.8 Å². The number of piperidine rings is 1. The summed E-state index contributed by atoms with van der Waals surface area (Å²) in [6.07, 6.45) is 3.04. The number of rotatable bonds is 6. The Kier molecular flexibility index (Phi) is 7.22. The minimum atomic E-state index is -0.662. The molecule has 1 heterocycles. The lowest BCUT2D eigenvalue weighted by molar-refractivity contribution is -0.137. The van der Waals surface area contributed by atoms with Crippen molar-refractivity contribution >= 4 is 17.8 Å².